The molecule has 1 heterocycles. The first kappa shape index (κ1) is 12.0. The lowest BCUT2D eigenvalue weighted by atomic mass is 10.2. The summed E-state index contributed by atoms with van der Waals surface area (Å²) in [6, 6.07) is 9.69. The Hall–Kier alpha value is -2.10. The zero-order valence-electron chi connectivity index (χ0n) is 11.0. The second-order valence-corrected chi connectivity index (χ2v) is 4.86. The maximum absolute atomic E-state index is 5.79. The quantitative estimate of drug-likeness (QED) is 0.910. The highest BCUT2D eigenvalue weighted by atomic mass is 16.5. The van der Waals surface area contributed by atoms with Crippen LogP contribution in [0.2, 0.25) is 0 Å². The highest BCUT2D eigenvalue weighted by Crippen LogP contribution is 2.39. The predicted molar refractivity (Wildman–Crippen MR) is 74.3 cm³/mol. The fourth-order valence-electron chi connectivity index (χ4n) is 1.95. The molecule has 0 saturated heterocycles. The van der Waals surface area contributed by atoms with Crippen molar-refractivity contribution in [2.75, 3.05) is 5.73 Å². The van der Waals surface area contributed by atoms with Gasteiger partial charge in [-0.2, -0.15) is 4.98 Å². The third kappa shape index (κ3) is 2.84. The second kappa shape index (κ2) is 4.88. The van der Waals surface area contributed by atoms with E-state index >= 15 is 0 Å². The lowest BCUT2D eigenvalue weighted by molar-refractivity contribution is 0.459. The topological polar surface area (TPSA) is 61.0 Å². The van der Waals surface area contributed by atoms with Gasteiger partial charge in [0.1, 0.15) is 17.4 Å². The van der Waals surface area contributed by atoms with E-state index in [9.17, 15) is 0 Å². The number of ether oxygens (including phenoxy) is 1. The van der Waals surface area contributed by atoms with Gasteiger partial charge in [-0.1, -0.05) is 19.1 Å². The summed E-state index contributed by atoms with van der Waals surface area (Å²) in [4.78, 5) is 8.67. The Bertz CT molecular complexity index is 576. The highest BCUT2D eigenvalue weighted by molar-refractivity contribution is 5.37. The molecule has 1 saturated carbocycles. The molecule has 0 aliphatic heterocycles. The Morgan fingerprint density at radius 1 is 1.21 bits per heavy atom. The van der Waals surface area contributed by atoms with E-state index in [1.807, 2.05) is 12.1 Å². The minimum absolute atomic E-state index is 0.466. The number of hydrogen-bond acceptors (Lipinski definition) is 4. The zero-order chi connectivity index (χ0) is 13.2. The number of nitrogens with zero attached hydrogens (tertiary/aromatic N) is 2. The summed E-state index contributed by atoms with van der Waals surface area (Å²) >= 11 is 0. The van der Waals surface area contributed by atoms with Crippen LogP contribution in [0.1, 0.15) is 37.1 Å². The molecule has 4 nitrogen and oxygen atoms in total. The summed E-state index contributed by atoms with van der Waals surface area (Å²) in [6.45, 7) is 2.13. The number of rotatable bonds is 4. The van der Waals surface area contributed by atoms with Gasteiger partial charge in [-0.25, -0.2) is 4.98 Å². The predicted octanol–water partition coefficient (Wildman–Crippen LogP) is 3.29. The van der Waals surface area contributed by atoms with Gasteiger partial charge in [0.2, 0.25) is 5.88 Å². The fourth-order valence-corrected chi connectivity index (χ4v) is 1.95. The molecular formula is C15H17N3O. The van der Waals surface area contributed by atoms with E-state index in [1.165, 1.54) is 5.56 Å². The lowest BCUT2D eigenvalue weighted by Gasteiger charge is -2.07. The molecule has 0 atom stereocenters. The summed E-state index contributed by atoms with van der Waals surface area (Å²) in [6.07, 6.45) is 3.31. The van der Waals surface area contributed by atoms with Crippen molar-refractivity contribution in [3.63, 3.8) is 0 Å². The normalized spacial score (nSPS) is 14.4. The van der Waals surface area contributed by atoms with Gasteiger partial charge in [0.15, 0.2) is 0 Å². The van der Waals surface area contributed by atoms with Gasteiger partial charge in [0, 0.05) is 12.0 Å². The Morgan fingerprint density at radius 3 is 2.58 bits per heavy atom. The van der Waals surface area contributed by atoms with Crippen molar-refractivity contribution in [3.8, 4) is 11.6 Å². The smallest absolute Gasteiger partial charge is 0.224 e. The molecule has 0 bridgehead atoms. The molecule has 1 aromatic carbocycles. The molecule has 0 spiro atoms. The monoisotopic (exact) mass is 255 g/mol. The third-order valence-corrected chi connectivity index (χ3v) is 3.24. The van der Waals surface area contributed by atoms with Gasteiger partial charge in [-0.15, -0.1) is 0 Å². The number of hydrogen-bond donors (Lipinski definition) is 1. The Morgan fingerprint density at radius 2 is 1.95 bits per heavy atom. The summed E-state index contributed by atoms with van der Waals surface area (Å²) in [5, 5.41) is 0. The molecule has 4 heteroatoms. The van der Waals surface area contributed by atoms with E-state index in [0.29, 0.717) is 17.6 Å². The van der Waals surface area contributed by atoms with Crippen molar-refractivity contribution in [3.05, 3.63) is 41.7 Å². The van der Waals surface area contributed by atoms with Crippen LogP contribution in [-0.2, 0) is 6.42 Å². The van der Waals surface area contributed by atoms with Gasteiger partial charge < -0.3 is 10.5 Å². The molecule has 1 aliphatic carbocycles. The Kier molecular flexibility index (Phi) is 3.07. The van der Waals surface area contributed by atoms with Crippen LogP contribution in [0.3, 0.4) is 0 Å². The second-order valence-electron chi connectivity index (χ2n) is 4.86. The molecule has 1 aliphatic rings. The molecule has 0 amide bonds. The molecule has 1 fully saturated rings. The average Bonchev–Trinajstić information content (AvgIpc) is 3.23. The largest absolute Gasteiger partial charge is 0.439 e. The van der Waals surface area contributed by atoms with Crippen LogP contribution in [0, 0.1) is 0 Å². The van der Waals surface area contributed by atoms with Crippen molar-refractivity contribution in [1.29, 1.82) is 0 Å². The van der Waals surface area contributed by atoms with Crippen molar-refractivity contribution in [2.45, 2.75) is 32.1 Å². The minimum Gasteiger partial charge on any atom is -0.439 e. The van der Waals surface area contributed by atoms with Crippen LogP contribution >= 0.6 is 0 Å². The van der Waals surface area contributed by atoms with Crippen LogP contribution in [0.5, 0.6) is 11.6 Å². The Balaban J connectivity index is 1.81. The SMILES string of the molecule is CCc1ccc(Oc2cc(N)nc(C3CC3)n2)cc1. The van der Waals surface area contributed by atoms with E-state index in [-0.39, 0.29) is 0 Å². The number of benzene rings is 1. The van der Waals surface area contributed by atoms with Gasteiger partial charge in [0.25, 0.3) is 0 Å². The van der Waals surface area contributed by atoms with Gasteiger partial charge in [0.05, 0.1) is 0 Å². The van der Waals surface area contributed by atoms with Crippen molar-refractivity contribution < 1.29 is 4.74 Å². The summed E-state index contributed by atoms with van der Waals surface area (Å²) in [5.74, 6) is 3.04. The standard InChI is InChI=1S/C15H17N3O/c1-2-10-3-7-12(8-4-10)19-14-9-13(16)17-15(18-14)11-5-6-11/h3-4,7-9,11H,2,5-6H2,1H3,(H2,16,17,18). The number of aryl methyl sites for hydroxylation is 1. The van der Waals surface area contributed by atoms with Crippen molar-refractivity contribution in [2.24, 2.45) is 0 Å². The summed E-state index contributed by atoms with van der Waals surface area (Å²) in [7, 11) is 0. The number of nitrogen functional groups attached to an aromatic ring is 1. The molecule has 0 radical (unpaired) electrons. The van der Waals surface area contributed by atoms with Crippen LogP contribution in [0.25, 0.3) is 0 Å². The number of aromatic nitrogens is 2. The van der Waals surface area contributed by atoms with Gasteiger partial charge in [-0.05, 0) is 37.0 Å². The van der Waals surface area contributed by atoms with Crippen LogP contribution < -0.4 is 10.5 Å². The lowest BCUT2D eigenvalue weighted by Crippen LogP contribution is -2.00. The molecule has 19 heavy (non-hydrogen) atoms. The summed E-state index contributed by atoms with van der Waals surface area (Å²) < 4.78 is 5.75. The fraction of sp³-hybridized carbons (Fsp3) is 0.333. The van der Waals surface area contributed by atoms with Crippen molar-refractivity contribution >= 4 is 5.82 Å². The first-order chi connectivity index (χ1) is 9.24. The van der Waals surface area contributed by atoms with E-state index in [2.05, 4.69) is 29.0 Å². The minimum atomic E-state index is 0.466. The Labute approximate surface area is 112 Å². The maximum Gasteiger partial charge on any atom is 0.224 e. The highest BCUT2D eigenvalue weighted by Gasteiger charge is 2.27. The van der Waals surface area contributed by atoms with E-state index in [4.69, 9.17) is 10.5 Å². The number of anilines is 1. The van der Waals surface area contributed by atoms with E-state index < -0.39 is 0 Å². The first-order valence-electron chi connectivity index (χ1n) is 6.66. The summed E-state index contributed by atoms with van der Waals surface area (Å²) in [5.41, 5.74) is 7.08. The molecule has 3 rings (SSSR count). The first-order valence-corrected chi connectivity index (χ1v) is 6.66. The molecule has 1 aromatic heterocycles. The third-order valence-electron chi connectivity index (χ3n) is 3.24. The number of nitrogens with two attached hydrogens (primary N) is 1. The maximum atomic E-state index is 5.79. The molecule has 98 valence electrons. The molecule has 2 N–H and O–H groups in total. The molecule has 0 unspecified atom stereocenters. The van der Waals surface area contributed by atoms with E-state index in [0.717, 1.165) is 30.8 Å². The van der Waals surface area contributed by atoms with Crippen LogP contribution in [0.15, 0.2) is 30.3 Å². The van der Waals surface area contributed by atoms with Crippen LogP contribution in [-0.4, -0.2) is 9.97 Å². The zero-order valence-corrected chi connectivity index (χ0v) is 11.0. The molecular weight excluding hydrogens is 238 g/mol. The van der Waals surface area contributed by atoms with E-state index in [1.54, 1.807) is 6.07 Å². The van der Waals surface area contributed by atoms with Gasteiger partial charge >= 0.3 is 0 Å². The van der Waals surface area contributed by atoms with Gasteiger partial charge in [-0.3, -0.25) is 0 Å². The van der Waals surface area contributed by atoms with Crippen molar-refractivity contribution in [1.82, 2.24) is 9.97 Å². The molecule has 2 aromatic rings. The van der Waals surface area contributed by atoms with Crippen LogP contribution in [0.4, 0.5) is 5.82 Å². The average molecular weight is 255 g/mol.